The molecule has 0 amide bonds. The minimum Gasteiger partial charge on any atom is -0.482 e. The molecule has 0 aromatic heterocycles. The number of rotatable bonds is 2. The molecule has 0 atom stereocenters. The Labute approximate surface area is 59.1 Å². The van der Waals surface area contributed by atoms with Crippen LogP contribution in [0.3, 0.4) is 0 Å². The topological polar surface area (TPSA) is 9.23 Å². The number of thiocarbonyl (C=S) groups is 1. The minimum atomic E-state index is 0.574. The predicted octanol–water partition coefficient (Wildman–Crippen LogP) is 1.84. The van der Waals surface area contributed by atoms with Gasteiger partial charge >= 0.3 is 0 Å². The van der Waals surface area contributed by atoms with Gasteiger partial charge in [-0.3, -0.25) is 0 Å². The zero-order chi connectivity index (χ0) is 6.41. The third-order valence-electron chi connectivity index (χ3n) is 0.486. The van der Waals surface area contributed by atoms with Crippen molar-refractivity contribution in [2.45, 2.75) is 0 Å². The van der Waals surface area contributed by atoms with Gasteiger partial charge < -0.3 is 4.74 Å². The van der Waals surface area contributed by atoms with Crippen LogP contribution in [0.4, 0.5) is 0 Å². The molecular weight excluding hydrogens is 140 g/mol. The zero-order valence-corrected chi connectivity index (χ0v) is 6.35. The van der Waals surface area contributed by atoms with Crippen molar-refractivity contribution in [3.63, 3.8) is 0 Å². The first-order valence-corrected chi connectivity index (χ1v) is 3.52. The average Bonchev–Trinajstić information content (AvgIpc) is 1.83. The van der Waals surface area contributed by atoms with E-state index < -0.39 is 0 Å². The highest BCUT2D eigenvalue weighted by atomic mass is 32.2. The quantitative estimate of drug-likeness (QED) is 0.437. The van der Waals surface area contributed by atoms with Gasteiger partial charge in [-0.2, -0.15) is 0 Å². The molecule has 0 fully saturated rings. The Morgan fingerprint density at radius 3 is 3.00 bits per heavy atom. The number of thioether (sulfide) groups is 1. The summed E-state index contributed by atoms with van der Waals surface area (Å²) >= 11 is 6.18. The van der Waals surface area contributed by atoms with E-state index in [1.807, 2.05) is 0 Å². The van der Waals surface area contributed by atoms with E-state index in [-0.39, 0.29) is 0 Å². The maximum Gasteiger partial charge on any atom is 0.219 e. The van der Waals surface area contributed by atoms with Gasteiger partial charge in [-0.05, 0) is 12.2 Å². The second-order valence-corrected chi connectivity index (χ2v) is 2.68. The van der Waals surface area contributed by atoms with Crippen LogP contribution in [-0.4, -0.2) is 17.2 Å². The lowest BCUT2D eigenvalue weighted by Crippen LogP contribution is -1.89. The van der Waals surface area contributed by atoms with Gasteiger partial charge in [-0.15, -0.1) is 6.58 Å². The van der Waals surface area contributed by atoms with Crippen LogP contribution < -0.4 is 0 Å². The molecule has 3 heteroatoms. The molecule has 0 aliphatic heterocycles. The Kier molecular flexibility index (Phi) is 5.11. The van der Waals surface area contributed by atoms with Crippen molar-refractivity contribution in [1.29, 1.82) is 0 Å². The van der Waals surface area contributed by atoms with Gasteiger partial charge in [0, 0.05) is 5.75 Å². The van der Waals surface area contributed by atoms with Gasteiger partial charge in [0.15, 0.2) is 0 Å². The maximum absolute atomic E-state index is 4.71. The molecule has 8 heavy (non-hydrogen) atoms. The molecule has 0 saturated heterocycles. The molecule has 0 radical (unpaired) electrons. The molecule has 1 nitrogen and oxygen atoms in total. The standard InChI is InChI=1S/C5H8OS2/c1-3-4-8-5(7)6-2/h3H,1,4H2,2H3. The van der Waals surface area contributed by atoms with Gasteiger partial charge in [-0.25, -0.2) is 0 Å². The van der Waals surface area contributed by atoms with Gasteiger partial charge in [0.05, 0.1) is 7.11 Å². The van der Waals surface area contributed by atoms with Crippen LogP contribution >= 0.6 is 24.0 Å². The van der Waals surface area contributed by atoms with E-state index in [1.54, 1.807) is 13.2 Å². The SMILES string of the molecule is C=CCSC(=S)OC. The average molecular weight is 148 g/mol. The number of methoxy groups -OCH3 is 1. The summed E-state index contributed by atoms with van der Waals surface area (Å²) in [7, 11) is 1.57. The molecule has 46 valence electrons. The van der Waals surface area contributed by atoms with Gasteiger partial charge in [0.25, 0.3) is 0 Å². The van der Waals surface area contributed by atoms with Crippen molar-refractivity contribution in [3.8, 4) is 0 Å². The zero-order valence-electron chi connectivity index (χ0n) is 4.72. The number of hydrogen-bond donors (Lipinski definition) is 0. The first-order chi connectivity index (χ1) is 3.81. The smallest absolute Gasteiger partial charge is 0.219 e. The van der Waals surface area contributed by atoms with Gasteiger partial charge in [0.2, 0.25) is 4.38 Å². The van der Waals surface area contributed by atoms with Gasteiger partial charge in [0.1, 0.15) is 0 Å². The van der Waals surface area contributed by atoms with E-state index in [9.17, 15) is 0 Å². The van der Waals surface area contributed by atoms with Crippen LogP contribution in [0.25, 0.3) is 0 Å². The summed E-state index contributed by atoms with van der Waals surface area (Å²) in [6, 6.07) is 0. The largest absolute Gasteiger partial charge is 0.482 e. The maximum atomic E-state index is 4.71. The third kappa shape index (κ3) is 4.15. The second-order valence-electron chi connectivity index (χ2n) is 1.05. The van der Waals surface area contributed by atoms with E-state index in [0.717, 1.165) is 5.75 Å². The highest BCUT2D eigenvalue weighted by Crippen LogP contribution is 2.03. The molecule has 0 saturated carbocycles. The molecule has 0 aromatic carbocycles. The van der Waals surface area contributed by atoms with E-state index in [1.165, 1.54) is 11.8 Å². The Bertz CT molecular complexity index is 90.4. The van der Waals surface area contributed by atoms with Crippen molar-refractivity contribution in [3.05, 3.63) is 12.7 Å². The van der Waals surface area contributed by atoms with Crippen molar-refractivity contribution in [1.82, 2.24) is 0 Å². The summed E-state index contributed by atoms with van der Waals surface area (Å²) < 4.78 is 5.27. The molecular formula is C5H8OS2. The summed E-state index contributed by atoms with van der Waals surface area (Å²) in [5.74, 6) is 0.826. The molecule has 0 rings (SSSR count). The van der Waals surface area contributed by atoms with E-state index in [2.05, 4.69) is 6.58 Å². The van der Waals surface area contributed by atoms with Crippen LogP contribution in [0.15, 0.2) is 12.7 Å². The summed E-state index contributed by atoms with van der Waals surface area (Å²) in [5, 5.41) is 0. The van der Waals surface area contributed by atoms with Crippen LogP contribution in [-0.2, 0) is 4.74 Å². The molecule has 0 bridgehead atoms. The normalized spacial score (nSPS) is 8.12. The van der Waals surface area contributed by atoms with Crippen molar-refractivity contribution in [2.24, 2.45) is 0 Å². The Morgan fingerprint density at radius 1 is 2.00 bits per heavy atom. The van der Waals surface area contributed by atoms with E-state index in [0.29, 0.717) is 4.38 Å². The number of hydrogen-bond acceptors (Lipinski definition) is 3. The highest BCUT2D eigenvalue weighted by molar-refractivity contribution is 8.22. The third-order valence-corrected chi connectivity index (χ3v) is 1.81. The summed E-state index contributed by atoms with van der Waals surface area (Å²) in [6.45, 7) is 3.53. The molecule has 0 aliphatic carbocycles. The van der Waals surface area contributed by atoms with Crippen molar-refractivity contribution < 1.29 is 4.74 Å². The van der Waals surface area contributed by atoms with Crippen molar-refractivity contribution in [2.75, 3.05) is 12.9 Å². The van der Waals surface area contributed by atoms with Crippen LogP contribution in [0.2, 0.25) is 0 Å². The minimum absolute atomic E-state index is 0.574. The first-order valence-electron chi connectivity index (χ1n) is 2.13. The summed E-state index contributed by atoms with van der Waals surface area (Å²) in [6.07, 6.45) is 1.79. The fraction of sp³-hybridized carbons (Fsp3) is 0.400. The summed E-state index contributed by atoms with van der Waals surface area (Å²) in [5.41, 5.74) is 0. The monoisotopic (exact) mass is 148 g/mol. The molecule has 0 aliphatic rings. The summed E-state index contributed by atoms with van der Waals surface area (Å²) in [4.78, 5) is 0. The second kappa shape index (κ2) is 5.12. The van der Waals surface area contributed by atoms with Crippen LogP contribution in [0.5, 0.6) is 0 Å². The first kappa shape index (κ1) is 7.98. The Hall–Kier alpha value is -0.0200. The highest BCUT2D eigenvalue weighted by Gasteiger charge is 1.89. The lowest BCUT2D eigenvalue weighted by molar-refractivity contribution is 0.426. The fourth-order valence-electron chi connectivity index (χ4n) is 0.186. The lowest BCUT2D eigenvalue weighted by Gasteiger charge is -1.95. The molecule has 0 N–H and O–H groups in total. The van der Waals surface area contributed by atoms with Crippen LogP contribution in [0.1, 0.15) is 0 Å². The lowest BCUT2D eigenvalue weighted by atomic mass is 10.8. The Balaban J connectivity index is 3.11. The molecule has 0 unspecified atom stereocenters. The van der Waals surface area contributed by atoms with E-state index in [4.69, 9.17) is 17.0 Å². The molecule has 0 heterocycles. The molecule has 0 spiro atoms. The Morgan fingerprint density at radius 2 is 2.62 bits per heavy atom. The van der Waals surface area contributed by atoms with Crippen molar-refractivity contribution >= 4 is 28.4 Å². The van der Waals surface area contributed by atoms with Gasteiger partial charge in [-0.1, -0.05) is 17.8 Å². The number of ether oxygens (including phenoxy) is 1. The fourth-order valence-corrected chi connectivity index (χ4v) is 0.762. The van der Waals surface area contributed by atoms with Crippen LogP contribution in [0, 0.1) is 0 Å². The predicted molar refractivity (Wildman–Crippen MR) is 42.3 cm³/mol. The molecule has 0 aromatic rings. The van der Waals surface area contributed by atoms with E-state index >= 15 is 0 Å².